The van der Waals surface area contributed by atoms with Gasteiger partial charge in [-0.25, -0.2) is 9.37 Å². The van der Waals surface area contributed by atoms with Crippen molar-refractivity contribution in [2.75, 3.05) is 13.2 Å². The minimum absolute atomic E-state index is 0.0583. The number of benzene rings is 1. The summed E-state index contributed by atoms with van der Waals surface area (Å²) in [6.07, 6.45) is 2.35. The molecule has 1 aromatic heterocycles. The Morgan fingerprint density at radius 3 is 2.54 bits per heavy atom. The molecule has 0 unspecified atom stereocenters. The Morgan fingerprint density at radius 2 is 1.92 bits per heavy atom. The van der Waals surface area contributed by atoms with Gasteiger partial charge in [0, 0.05) is 19.3 Å². The molecule has 2 heterocycles. The van der Waals surface area contributed by atoms with Crippen LogP contribution in [0.15, 0.2) is 12.1 Å². The number of halogens is 1. The summed E-state index contributed by atoms with van der Waals surface area (Å²) < 4.78 is 26.2. The summed E-state index contributed by atoms with van der Waals surface area (Å²) in [7, 11) is 0. The van der Waals surface area contributed by atoms with Crippen LogP contribution in [0.4, 0.5) is 4.39 Å². The lowest BCUT2D eigenvalue weighted by molar-refractivity contribution is 0.0243. The van der Waals surface area contributed by atoms with Gasteiger partial charge >= 0.3 is 0 Å². The highest BCUT2D eigenvalue weighted by Gasteiger charge is 2.22. The van der Waals surface area contributed by atoms with Crippen molar-refractivity contribution in [3.8, 4) is 5.88 Å². The van der Waals surface area contributed by atoms with Gasteiger partial charge in [-0.05, 0) is 23.1 Å². The van der Waals surface area contributed by atoms with Crippen molar-refractivity contribution in [3.63, 3.8) is 0 Å². The van der Waals surface area contributed by atoms with Gasteiger partial charge in [0.1, 0.15) is 23.3 Å². The first-order chi connectivity index (χ1) is 11.4. The molecule has 0 amide bonds. The second kappa shape index (κ2) is 6.63. The number of aryl methyl sites for hydroxylation is 1. The van der Waals surface area contributed by atoms with Crippen LogP contribution in [0, 0.1) is 5.82 Å². The lowest BCUT2D eigenvalue weighted by Gasteiger charge is -2.24. The molecule has 5 heteroatoms. The van der Waals surface area contributed by atoms with E-state index in [2.05, 4.69) is 30.7 Å². The van der Waals surface area contributed by atoms with E-state index in [4.69, 9.17) is 9.47 Å². The Morgan fingerprint density at radius 1 is 1.21 bits per heavy atom. The summed E-state index contributed by atoms with van der Waals surface area (Å²) in [5.74, 6) is 0.784. The smallest absolute Gasteiger partial charge is 0.225 e. The predicted octanol–water partition coefficient (Wildman–Crippen LogP) is 4.19. The average Bonchev–Trinajstić information content (AvgIpc) is 2.55. The van der Waals surface area contributed by atoms with Crippen LogP contribution < -0.4 is 4.74 Å². The topological polar surface area (TPSA) is 44.2 Å². The number of hydrogen-bond donors (Lipinski definition) is 0. The highest BCUT2D eigenvalue weighted by molar-refractivity contribution is 5.85. The van der Waals surface area contributed by atoms with E-state index in [1.807, 2.05) is 13.0 Å². The monoisotopic (exact) mass is 332 g/mol. The maximum absolute atomic E-state index is 14.7. The molecule has 3 rings (SSSR count). The minimum atomic E-state index is -0.314. The Bertz CT molecular complexity index is 734. The highest BCUT2D eigenvalue weighted by Crippen LogP contribution is 2.32. The first kappa shape index (κ1) is 17.1. The SMILES string of the molecule is CCc1nc(OC2CCOCC2)c2cc(C(C)(C)C)cc(F)c2n1. The number of ether oxygens (including phenoxy) is 2. The maximum Gasteiger partial charge on any atom is 0.225 e. The standard InChI is InChI=1S/C19H25FN2O2/c1-5-16-21-17-14(10-12(11-15(17)20)19(2,3)4)18(22-16)24-13-6-8-23-9-7-13/h10-11,13H,5-9H2,1-4H3. The van der Waals surface area contributed by atoms with Crippen molar-refractivity contribution in [3.05, 3.63) is 29.3 Å². The highest BCUT2D eigenvalue weighted by atomic mass is 19.1. The van der Waals surface area contributed by atoms with E-state index in [0.717, 1.165) is 18.4 Å². The molecule has 130 valence electrons. The Hall–Kier alpha value is -1.75. The molecule has 0 N–H and O–H groups in total. The zero-order chi connectivity index (χ0) is 17.3. The molecule has 1 aliphatic heterocycles. The quantitative estimate of drug-likeness (QED) is 0.845. The van der Waals surface area contributed by atoms with E-state index >= 15 is 0 Å². The van der Waals surface area contributed by atoms with Crippen molar-refractivity contribution >= 4 is 10.9 Å². The Labute approximate surface area is 142 Å². The summed E-state index contributed by atoms with van der Waals surface area (Å²) in [5, 5.41) is 0.656. The molecule has 0 bridgehead atoms. The zero-order valence-electron chi connectivity index (χ0n) is 14.9. The van der Waals surface area contributed by atoms with Gasteiger partial charge < -0.3 is 9.47 Å². The zero-order valence-corrected chi connectivity index (χ0v) is 14.9. The first-order valence-corrected chi connectivity index (χ1v) is 8.63. The number of hydrogen-bond acceptors (Lipinski definition) is 4. The largest absolute Gasteiger partial charge is 0.474 e. The summed E-state index contributed by atoms with van der Waals surface area (Å²) in [5.41, 5.74) is 1.10. The van der Waals surface area contributed by atoms with Gasteiger partial charge in [-0.3, -0.25) is 0 Å². The maximum atomic E-state index is 14.7. The summed E-state index contributed by atoms with van der Waals surface area (Å²) in [4.78, 5) is 8.92. The lowest BCUT2D eigenvalue weighted by Crippen LogP contribution is -2.26. The van der Waals surface area contributed by atoms with Gasteiger partial charge in [0.2, 0.25) is 5.88 Å². The van der Waals surface area contributed by atoms with Gasteiger partial charge in [0.25, 0.3) is 0 Å². The average molecular weight is 332 g/mol. The molecule has 0 atom stereocenters. The van der Waals surface area contributed by atoms with Crippen LogP contribution in [0.5, 0.6) is 5.88 Å². The van der Waals surface area contributed by atoms with Gasteiger partial charge in [-0.1, -0.05) is 27.7 Å². The van der Waals surface area contributed by atoms with Gasteiger partial charge in [-0.15, -0.1) is 0 Å². The van der Waals surface area contributed by atoms with Crippen molar-refractivity contribution in [2.24, 2.45) is 0 Å². The fourth-order valence-electron chi connectivity index (χ4n) is 2.84. The molecule has 0 spiro atoms. The molecule has 0 radical (unpaired) electrons. The third-order valence-electron chi connectivity index (χ3n) is 4.39. The summed E-state index contributed by atoms with van der Waals surface area (Å²) in [6.45, 7) is 9.53. The van der Waals surface area contributed by atoms with Crippen LogP contribution in [-0.2, 0) is 16.6 Å². The minimum Gasteiger partial charge on any atom is -0.474 e. The summed E-state index contributed by atoms with van der Waals surface area (Å²) >= 11 is 0. The molecule has 4 nitrogen and oxygen atoms in total. The van der Waals surface area contributed by atoms with Crippen LogP contribution in [-0.4, -0.2) is 29.3 Å². The third-order valence-corrected chi connectivity index (χ3v) is 4.39. The van der Waals surface area contributed by atoms with E-state index in [1.165, 1.54) is 0 Å². The summed E-state index contributed by atoms with van der Waals surface area (Å²) in [6, 6.07) is 3.54. The van der Waals surface area contributed by atoms with Gasteiger partial charge in [0.05, 0.1) is 18.6 Å². The number of rotatable bonds is 3. The fourth-order valence-corrected chi connectivity index (χ4v) is 2.84. The van der Waals surface area contributed by atoms with E-state index in [1.54, 1.807) is 6.07 Å². The van der Waals surface area contributed by atoms with Crippen molar-refractivity contribution in [1.29, 1.82) is 0 Å². The molecule has 0 aliphatic carbocycles. The molecule has 2 aromatic rings. The van der Waals surface area contributed by atoms with Crippen molar-refractivity contribution < 1.29 is 13.9 Å². The molecular formula is C19H25FN2O2. The predicted molar refractivity (Wildman–Crippen MR) is 92.0 cm³/mol. The molecule has 1 aromatic carbocycles. The number of aromatic nitrogens is 2. The van der Waals surface area contributed by atoms with Crippen LogP contribution in [0.1, 0.15) is 51.9 Å². The van der Waals surface area contributed by atoms with Crippen LogP contribution >= 0.6 is 0 Å². The van der Waals surface area contributed by atoms with Crippen LogP contribution in [0.25, 0.3) is 10.9 Å². The second-order valence-corrected chi connectivity index (χ2v) is 7.33. The van der Waals surface area contributed by atoms with E-state index < -0.39 is 0 Å². The van der Waals surface area contributed by atoms with Crippen molar-refractivity contribution in [1.82, 2.24) is 9.97 Å². The third kappa shape index (κ3) is 3.51. The van der Waals surface area contributed by atoms with E-state index in [0.29, 0.717) is 42.2 Å². The van der Waals surface area contributed by atoms with E-state index in [9.17, 15) is 4.39 Å². The fraction of sp³-hybridized carbons (Fsp3) is 0.579. The van der Waals surface area contributed by atoms with E-state index in [-0.39, 0.29) is 17.3 Å². The molecule has 24 heavy (non-hydrogen) atoms. The van der Waals surface area contributed by atoms with Gasteiger partial charge in [0.15, 0.2) is 0 Å². The Kier molecular flexibility index (Phi) is 4.72. The lowest BCUT2D eigenvalue weighted by atomic mass is 9.86. The molecule has 1 aliphatic rings. The first-order valence-electron chi connectivity index (χ1n) is 8.63. The number of nitrogens with zero attached hydrogens (tertiary/aromatic N) is 2. The molecular weight excluding hydrogens is 307 g/mol. The van der Waals surface area contributed by atoms with Gasteiger partial charge in [-0.2, -0.15) is 4.98 Å². The van der Waals surface area contributed by atoms with Crippen LogP contribution in [0.2, 0.25) is 0 Å². The molecule has 1 saturated heterocycles. The van der Waals surface area contributed by atoms with Crippen LogP contribution in [0.3, 0.4) is 0 Å². The van der Waals surface area contributed by atoms with Crippen molar-refractivity contribution in [2.45, 2.75) is 58.5 Å². The Balaban J connectivity index is 2.11. The second-order valence-electron chi connectivity index (χ2n) is 7.33. The normalized spacial score (nSPS) is 16.5. The number of fused-ring (bicyclic) bond motifs is 1. The molecule has 0 saturated carbocycles. The molecule has 1 fully saturated rings.